The Balaban J connectivity index is 2.15. The molecule has 1 saturated heterocycles. The van der Waals surface area contributed by atoms with Crippen LogP contribution in [0.5, 0.6) is 0 Å². The van der Waals surface area contributed by atoms with Crippen molar-refractivity contribution >= 4 is 73.7 Å². The summed E-state index contributed by atoms with van der Waals surface area (Å²) in [6.45, 7) is 4.23. The van der Waals surface area contributed by atoms with Gasteiger partial charge in [0.2, 0.25) is 5.28 Å². The topological polar surface area (TPSA) is 79.6 Å². The number of ether oxygens (including phenoxy) is 3. The second-order valence-electron chi connectivity index (χ2n) is 5.98. The number of benzene rings is 1. The van der Waals surface area contributed by atoms with Gasteiger partial charge in [-0.15, -0.1) is 0 Å². The summed E-state index contributed by atoms with van der Waals surface area (Å²) in [6.07, 6.45) is -3.17. The van der Waals surface area contributed by atoms with Gasteiger partial charge in [0.25, 0.3) is 0 Å². The van der Waals surface area contributed by atoms with Crippen molar-refractivity contribution in [3.63, 3.8) is 0 Å². The lowest BCUT2D eigenvalue weighted by Crippen LogP contribution is -2.38. The van der Waals surface area contributed by atoms with Crippen LogP contribution in [-0.2, 0) is 23.8 Å². The SMILES string of the molecule is CC(=O)O[C@@H]1[C@H](OC(C)=O)[C@@H](C)O[C@H]1n1c(Cl)nc2c(Br)c(Cl)c(Cl)cc21. The van der Waals surface area contributed by atoms with Crippen LogP contribution in [0.4, 0.5) is 0 Å². The predicted octanol–water partition coefficient (Wildman–Crippen LogP) is 4.54. The summed E-state index contributed by atoms with van der Waals surface area (Å²) in [5.41, 5.74) is 0.974. The van der Waals surface area contributed by atoms with Crippen LogP contribution in [0.15, 0.2) is 10.5 Å². The minimum atomic E-state index is -0.926. The summed E-state index contributed by atoms with van der Waals surface area (Å²) in [7, 11) is 0. The van der Waals surface area contributed by atoms with Crippen LogP contribution < -0.4 is 0 Å². The summed E-state index contributed by atoms with van der Waals surface area (Å²) in [5.74, 6) is -1.07. The molecule has 146 valence electrons. The highest BCUT2D eigenvalue weighted by atomic mass is 79.9. The highest BCUT2D eigenvalue weighted by molar-refractivity contribution is 9.10. The second-order valence-corrected chi connectivity index (χ2v) is 7.90. The van der Waals surface area contributed by atoms with Gasteiger partial charge in [0.05, 0.1) is 26.1 Å². The Morgan fingerprint density at radius 3 is 2.37 bits per heavy atom. The number of halogens is 4. The molecule has 2 heterocycles. The molecular weight excluding hydrogens is 486 g/mol. The van der Waals surface area contributed by atoms with Crippen LogP contribution in [0, 0.1) is 0 Å². The number of hydrogen-bond acceptors (Lipinski definition) is 6. The van der Waals surface area contributed by atoms with E-state index >= 15 is 0 Å². The molecule has 3 rings (SSSR count). The van der Waals surface area contributed by atoms with Gasteiger partial charge in [-0.1, -0.05) is 23.2 Å². The van der Waals surface area contributed by atoms with Crippen LogP contribution in [0.25, 0.3) is 11.0 Å². The number of aromatic nitrogens is 2. The zero-order valence-electron chi connectivity index (χ0n) is 14.3. The molecule has 1 aromatic carbocycles. The molecule has 4 atom stereocenters. The van der Waals surface area contributed by atoms with E-state index < -0.39 is 36.5 Å². The van der Waals surface area contributed by atoms with Crippen molar-refractivity contribution < 1.29 is 23.8 Å². The van der Waals surface area contributed by atoms with Crippen molar-refractivity contribution in [2.24, 2.45) is 0 Å². The van der Waals surface area contributed by atoms with Gasteiger partial charge < -0.3 is 14.2 Å². The molecule has 0 bridgehead atoms. The Bertz CT molecular complexity index is 935. The maximum atomic E-state index is 11.6. The third-order valence-electron chi connectivity index (χ3n) is 4.06. The van der Waals surface area contributed by atoms with Gasteiger partial charge >= 0.3 is 11.9 Å². The Morgan fingerprint density at radius 1 is 1.19 bits per heavy atom. The van der Waals surface area contributed by atoms with E-state index in [0.717, 1.165) is 0 Å². The van der Waals surface area contributed by atoms with E-state index in [9.17, 15) is 9.59 Å². The van der Waals surface area contributed by atoms with E-state index in [0.29, 0.717) is 20.5 Å². The van der Waals surface area contributed by atoms with Gasteiger partial charge in [0.1, 0.15) is 5.52 Å². The van der Waals surface area contributed by atoms with Gasteiger partial charge in [0.15, 0.2) is 18.4 Å². The van der Waals surface area contributed by atoms with Crippen LogP contribution in [0.1, 0.15) is 27.0 Å². The fourth-order valence-electron chi connectivity index (χ4n) is 3.03. The Morgan fingerprint density at radius 2 is 1.78 bits per heavy atom. The molecule has 7 nitrogen and oxygen atoms in total. The summed E-state index contributed by atoms with van der Waals surface area (Å²) in [5, 5.41) is 0.642. The standard InChI is InChI=1S/C16H14BrCl3N2O5/c1-5-13(26-6(2)23)14(27-7(3)24)15(25-5)22-9-4-8(18)11(19)10(17)12(9)21-16(22)20/h4-5,13-15H,1-3H3/t5-,13-,14-,15-/m1/s1. The van der Waals surface area contributed by atoms with Crippen LogP contribution in [-0.4, -0.2) is 39.8 Å². The number of fused-ring (bicyclic) bond motifs is 1. The number of carbonyl (C=O) groups excluding carboxylic acids is 2. The molecule has 0 unspecified atom stereocenters. The molecular formula is C16H14BrCl3N2O5. The maximum absolute atomic E-state index is 11.6. The Kier molecular flexibility index (Phi) is 5.93. The molecule has 0 radical (unpaired) electrons. The van der Waals surface area contributed by atoms with Crippen molar-refractivity contribution in [3.8, 4) is 0 Å². The first-order valence-corrected chi connectivity index (χ1v) is 9.75. The van der Waals surface area contributed by atoms with Gasteiger partial charge in [0, 0.05) is 13.8 Å². The molecule has 1 fully saturated rings. The maximum Gasteiger partial charge on any atom is 0.303 e. The van der Waals surface area contributed by atoms with Gasteiger partial charge in [-0.2, -0.15) is 0 Å². The third kappa shape index (κ3) is 3.78. The summed E-state index contributed by atoms with van der Waals surface area (Å²) in [6, 6.07) is 1.58. The minimum Gasteiger partial charge on any atom is -0.456 e. The van der Waals surface area contributed by atoms with Crippen molar-refractivity contribution in [1.29, 1.82) is 0 Å². The van der Waals surface area contributed by atoms with E-state index in [1.54, 1.807) is 13.0 Å². The first kappa shape index (κ1) is 20.7. The van der Waals surface area contributed by atoms with Gasteiger partial charge in [-0.25, -0.2) is 4.98 Å². The molecule has 0 aliphatic carbocycles. The quantitative estimate of drug-likeness (QED) is 0.455. The first-order valence-electron chi connectivity index (χ1n) is 7.82. The van der Waals surface area contributed by atoms with E-state index in [2.05, 4.69) is 20.9 Å². The molecule has 1 aromatic heterocycles. The number of imidazole rings is 1. The molecule has 2 aromatic rings. The van der Waals surface area contributed by atoms with Crippen molar-refractivity contribution in [2.45, 2.75) is 45.3 Å². The zero-order chi connectivity index (χ0) is 20.0. The average molecular weight is 501 g/mol. The largest absolute Gasteiger partial charge is 0.456 e. The summed E-state index contributed by atoms with van der Waals surface area (Å²) in [4.78, 5) is 27.4. The molecule has 1 aliphatic rings. The number of nitrogens with zero attached hydrogens (tertiary/aromatic N) is 2. The number of rotatable bonds is 3. The highest BCUT2D eigenvalue weighted by Gasteiger charge is 2.49. The Labute approximate surface area is 177 Å². The van der Waals surface area contributed by atoms with Crippen molar-refractivity contribution in [3.05, 3.63) is 25.9 Å². The minimum absolute atomic E-state index is 0.0712. The van der Waals surface area contributed by atoms with Gasteiger partial charge in [-0.3, -0.25) is 14.2 Å². The summed E-state index contributed by atoms with van der Waals surface area (Å²) >= 11 is 22.0. The summed E-state index contributed by atoms with van der Waals surface area (Å²) < 4.78 is 18.6. The smallest absolute Gasteiger partial charge is 0.303 e. The van der Waals surface area contributed by atoms with Crippen LogP contribution in [0.2, 0.25) is 15.3 Å². The lowest BCUT2D eigenvalue weighted by Gasteiger charge is -2.24. The number of hydrogen-bond donors (Lipinski definition) is 0. The number of esters is 2. The highest BCUT2D eigenvalue weighted by Crippen LogP contribution is 2.42. The van der Waals surface area contributed by atoms with E-state index in [1.807, 2.05) is 0 Å². The molecule has 0 N–H and O–H groups in total. The van der Waals surface area contributed by atoms with Crippen LogP contribution >= 0.6 is 50.7 Å². The van der Waals surface area contributed by atoms with E-state index in [4.69, 9.17) is 49.0 Å². The van der Waals surface area contributed by atoms with Crippen molar-refractivity contribution in [1.82, 2.24) is 9.55 Å². The molecule has 11 heteroatoms. The van der Waals surface area contributed by atoms with E-state index in [-0.39, 0.29) is 10.3 Å². The fourth-order valence-corrected chi connectivity index (χ4v) is 4.27. The van der Waals surface area contributed by atoms with E-state index in [1.165, 1.54) is 18.4 Å². The van der Waals surface area contributed by atoms with Crippen molar-refractivity contribution in [2.75, 3.05) is 0 Å². The molecule has 0 spiro atoms. The average Bonchev–Trinajstić information content (AvgIpc) is 3.03. The number of carbonyl (C=O) groups is 2. The molecule has 0 saturated carbocycles. The Hall–Kier alpha value is -1.06. The molecule has 1 aliphatic heterocycles. The predicted molar refractivity (Wildman–Crippen MR) is 103 cm³/mol. The molecule has 0 amide bonds. The third-order valence-corrected chi connectivity index (χ3v) is 6.11. The second kappa shape index (κ2) is 7.75. The van der Waals surface area contributed by atoms with Crippen LogP contribution in [0.3, 0.4) is 0 Å². The zero-order valence-corrected chi connectivity index (χ0v) is 18.2. The van der Waals surface area contributed by atoms with Gasteiger partial charge in [-0.05, 0) is 40.5 Å². The lowest BCUT2D eigenvalue weighted by molar-refractivity contribution is -0.165. The molecule has 27 heavy (non-hydrogen) atoms. The fraction of sp³-hybridized carbons (Fsp3) is 0.438. The first-order chi connectivity index (χ1) is 12.6. The monoisotopic (exact) mass is 498 g/mol. The lowest BCUT2D eigenvalue weighted by atomic mass is 10.1. The normalized spacial score (nSPS) is 25.0.